The van der Waals surface area contributed by atoms with Gasteiger partial charge in [-0.3, -0.25) is 9.78 Å². The Morgan fingerprint density at radius 1 is 1.03 bits per heavy atom. The smallest absolute Gasteiger partial charge is 0.303 e. The molecular formula is C23H27N3O3. The summed E-state index contributed by atoms with van der Waals surface area (Å²) in [4.78, 5) is 20.1. The van der Waals surface area contributed by atoms with Crippen LogP contribution in [0.2, 0.25) is 0 Å². The predicted molar refractivity (Wildman–Crippen MR) is 112 cm³/mol. The second-order valence-electron chi connectivity index (χ2n) is 7.99. The number of carboxylic acids is 1. The lowest BCUT2D eigenvalue weighted by atomic mass is 9.95. The van der Waals surface area contributed by atoms with Crippen molar-refractivity contribution in [2.45, 2.75) is 53.9 Å². The van der Waals surface area contributed by atoms with Gasteiger partial charge in [-0.1, -0.05) is 19.0 Å². The van der Waals surface area contributed by atoms with Crippen LogP contribution in [0.4, 0.5) is 0 Å². The number of pyridine rings is 1. The lowest BCUT2D eigenvalue weighted by molar-refractivity contribution is -0.136. The lowest BCUT2D eigenvalue weighted by Crippen LogP contribution is -2.01. The Balaban J connectivity index is 1.90. The van der Waals surface area contributed by atoms with E-state index in [9.17, 15) is 4.79 Å². The minimum Gasteiger partial charge on any atom is -0.481 e. The summed E-state index contributed by atoms with van der Waals surface area (Å²) >= 11 is 0. The summed E-state index contributed by atoms with van der Waals surface area (Å²) in [6, 6.07) is 7.93. The van der Waals surface area contributed by atoms with E-state index >= 15 is 0 Å². The van der Waals surface area contributed by atoms with E-state index in [4.69, 9.17) is 9.63 Å². The summed E-state index contributed by atoms with van der Waals surface area (Å²) < 4.78 is 5.54. The number of aliphatic carboxylic acids is 1. The van der Waals surface area contributed by atoms with Gasteiger partial charge in [-0.15, -0.1) is 0 Å². The fraction of sp³-hybridized carbons (Fsp3) is 0.391. The Morgan fingerprint density at radius 2 is 1.72 bits per heavy atom. The highest BCUT2D eigenvalue weighted by atomic mass is 16.5. The fourth-order valence-electron chi connectivity index (χ4n) is 3.59. The van der Waals surface area contributed by atoms with Crippen molar-refractivity contribution in [2.75, 3.05) is 0 Å². The van der Waals surface area contributed by atoms with Crippen LogP contribution in [0, 0.1) is 26.7 Å². The van der Waals surface area contributed by atoms with E-state index in [2.05, 4.69) is 29.0 Å². The molecule has 0 radical (unpaired) electrons. The van der Waals surface area contributed by atoms with Gasteiger partial charge in [0.2, 0.25) is 5.82 Å². The van der Waals surface area contributed by atoms with Gasteiger partial charge >= 0.3 is 5.97 Å². The number of carbonyl (C=O) groups is 1. The third-order valence-electron chi connectivity index (χ3n) is 4.84. The standard InChI is InChI=1S/C23H27N3O3/c1-13(2)8-19-12-18(11-16(5)24-19)23-25-22(26-29-23)17-9-14(3)20(15(4)10-17)6-7-21(27)28/h9-13H,6-8H2,1-5H3,(H,27,28). The van der Waals surface area contributed by atoms with Crippen molar-refractivity contribution < 1.29 is 14.4 Å². The summed E-state index contributed by atoms with van der Waals surface area (Å²) in [5, 5.41) is 13.1. The molecule has 0 fully saturated rings. The second kappa shape index (κ2) is 8.55. The van der Waals surface area contributed by atoms with E-state index in [1.165, 1.54) is 0 Å². The van der Waals surface area contributed by atoms with Gasteiger partial charge in [0, 0.05) is 28.9 Å². The number of hydrogen-bond donors (Lipinski definition) is 1. The Morgan fingerprint density at radius 3 is 2.34 bits per heavy atom. The average molecular weight is 393 g/mol. The van der Waals surface area contributed by atoms with E-state index in [0.717, 1.165) is 45.6 Å². The second-order valence-corrected chi connectivity index (χ2v) is 7.99. The van der Waals surface area contributed by atoms with Gasteiger partial charge in [0.15, 0.2) is 0 Å². The first-order chi connectivity index (χ1) is 13.7. The maximum atomic E-state index is 10.9. The molecule has 2 heterocycles. The van der Waals surface area contributed by atoms with Crippen LogP contribution in [0.15, 0.2) is 28.8 Å². The molecule has 6 nitrogen and oxygen atoms in total. The zero-order valence-electron chi connectivity index (χ0n) is 17.6. The molecule has 0 saturated heterocycles. The van der Waals surface area contributed by atoms with Crippen molar-refractivity contribution in [3.8, 4) is 22.8 Å². The Labute approximate surface area is 171 Å². The molecule has 0 spiro atoms. The number of nitrogens with zero attached hydrogens (tertiary/aromatic N) is 3. The van der Waals surface area contributed by atoms with Crippen LogP contribution >= 0.6 is 0 Å². The molecule has 3 rings (SSSR count). The van der Waals surface area contributed by atoms with Gasteiger partial charge in [-0.25, -0.2) is 0 Å². The molecule has 0 bridgehead atoms. The van der Waals surface area contributed by atoms with E-state index in [0.29, 0.717) is 24.1 Å². The molecule has 0 aliphatic carbocycles. The van der Waals surface area contributed by atoms with Gasteiger partial charge < -0.3 is 9.63 Å². The van der Waals surface area contributed by atoms with Crippen molar-refractivity contribution in [3.05, 3.63) is 52.3 Å². The number of carboxylic acid groups (broad SMARTS) is 1. The number of rotatable bonds is 7. The molecule has 152 valence electrons. The SMILES string of the molecule is Cc1cc(-c2nc(-c3cc(C)c(CCC(=O)O)c(C)c3)no2)cc(CC(C)C)n1. The van der Waals surface area contributed by atoms with E-state index in [-0.39, 0.29) is 6.42 Å². The fourth-order valence-corrected chi connectivity index (χ4v) is 3.59. The molecule has 3 aromatic rings. The number of aromatic nitrogens is 3. The minimum atomic E-state index is -0.792. The zero-order valence-corrected chi connectivity index (χ0v) is 17.6. The number of benzene rings is 1. The Bertz CT molecular complexity index is 1010. The maximum absolute atomic E-state index is 10.9. The van der Waals surface area contributed by atoms with Crippen LogP contribution in [0.1, 0.15) is 48.3 Å². The molecular weight excluding hydrogens is 366 g/mol. The minimum absolute atomic E-state index is 0.119. The first-order valence-corrected chi connectivity index (χ1v) is 9.87. The van der Waals surface area contributed by atoms with Gasteiger partial charge in [0.1, 0.15) is 0 Å². The molecule has 0 atom stereocenters. The normalized spacial score (nSPS) is 11.2. The topological polar surface area (TPSA) is 89.1 Å². The average Bonchev–Trinajstić information content (AvgIpc) is 3.09. The van der Waals surface area contributed by atoms with Crippen LogP contribution in [0.5, 0.6) is 0 Å². The molecule has 2 aromatic heterocycles. The first kappa shape index (κ1) is 20.7. The van der Waals surface area contributed by atoms with Crippen molar-refractivity contribution in [3.63, 3.8) is 0 Å². The number of hydrogen-bond acceptors (Lipinski definition) is 5. The van der Waals surface area contributed by atoms with Crippen molar-refractivity contribution in [1.29, 1.82) is 0 Å². The van der Waals surface area contributed by atoms with Crippen molar-refractivity contribution in [1.82, 2.24) is 15.1 Å². The monoisotopic (exact) mass is 393 g/mol. The van der Waals surface area contributed by atoms with E-state index in [1.807, 2.05) is 45.0 Å². The highest BCUT2D eigenvalue weighted by Gasteiger charge is 2.15. The first-order valence-electron chi connectivity index (χ1n) is 9.87. The molecule has 0 unspecified atom stereocenters. The summed E-state index contributed by atoms with van der Waals surface area (Å²) in [5.41, 5.74) is 6.80. The van der Waals surface area contributed by atoms with Crippen LogP contribution in [-0.2, 0) is 17.6 Å². The Hall–Kier alpha value is -3.02. The quantitative estimate of drug-likeness (QED) is 0.611. The highest BCUT2D eigenvalue weighted by molar-refractivity contribution is 5.68. The largest absolute Gasteiger partial charge is 0.481 e. The third kappa shape index (κ3) is 5.08. The number of aryl methyl sites for hydroxylation is 3. The van der Waals surface area contributed by atoms with Crippen LogP contribution in [0.3, 0.4) is 0 Å². The van der Waals surface area contributed by atoms with Gasteiger partial charge in [-0.05, 0) is 80.5 Å². The third-order valence-corrected chi connectivity index (χ3v) is 4.84. The molecule has 0 saturated carbocycles. The van der Waals surface area contributed by atoms with Gasteiger partial charge in [-0.2, -0.15) is 4.98 Å². The maximum Gasteiger partial charge on any atom is 0.303 e. The summed E-state index contributed by atoms with van der Waals surface area (Å²) in [6.07, 6.45) is 1.53. The molecule has 0 aliphatic heterocycles. The zero-order chi connectivity index (χ0) is 21.1. The van der Waals surface area contributed by atoms with Gasteiger partial charge in [0.05, 0.1) is 0 Å². The van der Waals surface area contributed by atoms with E-state index < -0.39 is 5.97 Å². The highest BCUT2D eigenvalue weighted by Crippen LogP contribution is 2.27. The molecule has 0 aliphatic rings. The van der Waals surface area contributed by atoms with Crippen molar-refractivity contribution >= 4 is 5.97 Å². The van der Waals surface area contributed by atoms with Crippen molar-refractivity contribution in [2.24, 2.45) is 5.92 Å². The molecule has 1 N–H and O–H groups in total. The van der Waals surface area contributed by atoms with Crippen LogP contribution in [0.25, 0.3) is 22.8 Å². The van der Waals surface area contributed by atoms with Gasteiger partial charge in [0.25, 0.3) is 5.89 Å². The predicted octanol–water partition coefficient (Wildman–Crippen LogP) is 4.94. The molecule has 0 amide bonds. The molecule has 1 aromatic carbocycles. The lowest BCUT2D eigenvalue weighted by Gasteiger charge is -2.10. The Kier molecular flexibility index (Phi) is 6.11. The van der Waals surface area contributed by atoms with Crippen LogP contribution in [-0.4, -0.2) is 26.2 Å². The summed E-state index contributed by atoms with van der Waals surface area (Å²) in [5.74, 6) is 0.720. The molecule has 6 heteroatoms. The summed E-state index contributed by atoms with van der Waals surface area (Å²) in [7, 11) is 0. The van der Waals surface area contributed by atoms with Crippen LogP contribution < -0.4 is 0 Å². The summed E-state index contributed by atoms with van der Waals surface area (Å²) in [6.45, 7) is 10.3. The van der Waals surface area contributed by atoms with E-state index in [1.54, 1.807) is 0 Å². The molecule has 29 heavy (non-hydrogen) atoms.